The van der Waals surface area contributed by atoms with Crippen molar-refractivity contribution >= 4 is 17.7 Å². The predicted molar refractivity (Wildman–Crippen MR) is 73.7 cm³/mol. The molecule has 0 atom stereocenters. The summed E-state index contributed by atoms with van der Waals surface area (Å²) < 4.78 is 0. The number of imidazole rings is 1. The van der Waals surface area contributed by atoms with Crippen molar-refractivity contribution in [2.75, 3.05) is 18.8 Å². The minimum absolute atomic E-state index is 0.237. The number of H-pyrrole nitrogens is 1. The lowest BCUT2D eigenvalue weighted by Crippen LogP contribution is -2.38. The molecule has 1 aliphatic rings. The molecule has 0 unspecified atom stereocenters. The zero-order valence-electron chi connectivity index (χ0n) is 11.1. The minimum atomic E-state index is 0.237. The second kappa shape index (κ2) is 6.27. The van der Waals surface area contributed by atoms with Crippen LogP contribution in [0.25, 0.3) is 0 Å². The molecule has 0 spiro atoms. The van der Waals surface area contributed by atoms with Crippen molar-refractivity contribution in [1.29, 1.82) is 0 Å². The Labute approximate surface area is 113 Å². The van der Waals surface area contributed by atoms with Gasteiger partial charge in [0.2, 0.25) is 5.91 Å². The Balaban J connectivity index is 1.77. The number of carbonyl (C=O) groups is 1. The second-order valence-corrected chi connectivity index (χ2v) is 5.88. The Morgan fingerprint density at radius 3 is 2.89 bits per heavy atom. The van der Waals surface area contributed by atoms with Crippen LogP contribution in [0.3, 0.4) is 0 Å². The molecular formula is C13H21N3OS. The van der Waals surface area contributed by atoms with E-state index in [2.05, 4.69) is 23.8 Å². The van der Waals surface area contributed by atoms with Crippen LogP contribution >= 0.6 is 11.8 Å². The van der Waals surface area contributed by atoms with Crippen molar-refractivity contribution in [2.45, 2.75) is 38.3 Å². The average Bonchev–Trinajstić information content (AvgIpc) is 2.85. The number of piperidine rings is 1. The van der Waals surface area contributed by atoms with Gasteiger partial charge in [0.05, 0.1) is 5.75 Å². The van der Waals surface area contributed by atoms with Gasteiger partial charge < -0.3 is 9.88 Å². The molecule has 18 heavy (non-hydrogen) atoms. The Morgan fingerprint density at radius 1 is 1.56 bits per heavy atom. The fourth-order valence-electron chi connectivity index (χ4n) is 2.07. The van der Waals surface area contributed by atoms with Gasteiger partial charge in [0.1, 0.15) is 0 Å². The number of rotatable bonds is 4. The molecule has 1 aliphatic heterocycles. The summed E-state index contributed by atoms with van der Waals surface area (Å²) in [4.78, 5) is 21.5. The normalized spacial score (nSPS) is 17.1. The van der Waals surface area contributed by atoms with Crippen LogP contribution in [0, 0.1) is 5.92 Å². The summed E-state index contributed by atoms with van der Waals surface area (Å²) in [7, 11) is 0. The summed E-state index contributed by atoms with van der Waals surface area (Å²) >= 11 is 1.50. The fourth-order valence-corrected chi connectivity index (χ4v) is 2.84. The zero-order chi connectivity index (χ0) is 13.0. The highest BCUT2D eigenvalue weighted by Crippen LogP contribution is 2.19. The Kier molecular flexibility index (Phi) is 4.69. The molecule has 0 saturated carbocycles. The van der Waals surface area contributed by atoms with Gasteiger partial charge in [0.25, 0.3) is 0 Å². The number of carbonyl (C=O) groups excluding carboxylic acids is 1. The third-order valence-corrected chi connectivity index (χ3v) is 4.33. The van der Waals surface area contributed by atoms with E-state index in [-0.39, 0.29) is 5.91 Å². The molecule has 1 aromatic heterocycles. The third-order valence-electron chi connectivity index (χ3n) is 3.45. The molecule has 0 radical (unpaired) electrons. The van der Waals surface area contributed by atoms with Gasteiger partial charge >= 0.3 is 0 Å². The van der Waals surface area contributed by atoms with E-state index in [9.17, 15) is 4.79 Å². The summed E-state index contributed by atoms with van der Waals surface area (Å²) in [6.45, 7) is 6.17. The Morgan fingerprint density at radius 2 is 2.28 bits per heavy atom. The quantitative estimate of drug-likeness (QED) is 0.852. The van der Waals surface area contributed by atoms with E-state index in [0.29, 0.717) is 5.75 Å². The Hall–Kier alpha value is -0.970. The number of aromatic amines is 1. The van der Waals surface area contributed by atoms with E-state index in [1.165, 1.54) is 11.8 Å². The van der Waals surface area contributed by atoms with Gasteiger partial charge in [-0.15, -0.1) is 0 Å². The summed E-state index contributed by atoms with van der Waals surface area (Å²) in [5.74, 6) is 1.49. The number of nitrogens with one attached hydrogen (secondary N) is 1. The van der Waals surface area contributed by atoms with Gasteiger partial charge in [0, 0.05) is 25.0 Å². The highest BCUT2D eigenvalue weighted by Gasteiger charge is 2.20. The van der Waals surface area contributed by atoms with Crippen LogP contribution in [-0.2, 0) is 11.2 Å². The molecule has 100 valence electrons. The maximum Gasteiger partial charge on any atom is 0.233 e. The smallest absolute Gasteiger partial charge is 0.233 e. The van der Waals surface area contributed by atoms with E-state index in [0.717, 1.165) is 49.1 Å². The van der Waals surface area contributed by atoms with Gasteiger partial charge in [-0.25, -0.2) is 4.98 Å². The first-order valence-corrected chi connectivity index (χ1v) is 7.62. The van der Waals surface area contributed by atoms with Crippen LogP contribution < -0.4 is 0 Å². The van der Waals surface area contributed by atoms with Crippen molar-refractivity contribution in [1.82, 2.24) is 14.9 Å². The highest BCUT2D eigenvalue weighted by atomic mass is 32.2. The molecule has 0 aromatic carbocycles. The van der Waals surface area contributed by atoms with Crippen LogP contribution in [0.1, 0.15) is 32.4 Å². The summed E-state index contributed by atoms with van der Waals surface area (Å²) in [6, 6.07) is 0. The predicted octanol–water partition coefficient (Wildman–Crippen LogP) is 2.32. The van der Waals surface area contributed by atoms with Crippen LogP contribution in [0.15, 0.2) is 11.4 Å². The monoisotopic (exact) mass is 267 g/mol. The van der Waals surface area contributed by atoms with Crippen molar-refractivity contribution in [3.63, 3.8) is 0 Å². The first-order valence-electron chi connectivity index (χ1n) is 6.63. The van der Waals surface area contributed by atoms with E-state index in [1.54, 1.807) is 0 Å². The first-order chi connectivity index (χ1) is 8.69. The molecule has 5 heteroatoms. The lowest BCUT2D eigenvalue weighted by molar-refractivity contribution is -0.129. The summed E-state index contributed by atoms with van der Waals surface area (Å²) in [5.41, 5.74) is 1.12. The molecule has 2 rings (SSSR count). The third kappa shape index (κ3) is 3.51. The second-order valence-electron chi connectivity index (χ2n) is 4.92. The number of aromatic nitrogens is 2. The highest BCUT2D eigenvalue weighted by molar-refractivity contribution is 7.99. The number of amides is 1. The van der Waals surface area contributed by atoms with Gasteiger partial charge in [-0.2, -0.15) is 0 Å². The molecule has 4 nitrogen and oxygen atoms in total. The summed E-state index contributed by atoms with van der Waals surface area (Å²) in [6.07, 6.45) is 5.06. The van der Waals surface area contributed by atoms with Crippen molar-refractivity contribution in [2.24, 2.45) is 5.92 Å². The molecule has 1 N–H and O–H groups in total. The summed E-state index contributed by atoms with van der Waals surface area (Å²) in [5, 5.41) is 0.852. The largest absolute Gasteiger partial charge is 0.342 e. The molecule has 1 amide bonds. The number of nitrogens with zero attached hydrogens (tertiary/aromatic N) is 2. The lowest BCUT2D eigenvalue weighted by Gasteiger charge is -2.30. The standard InChI is InChI=1S/C13H21N3OS/c1-3-11-8-14-13(15-11)18-9-12(17)16-6-4-10(2)5-7-16/h8,10H,3-7,9H2,1-2H3,(H,14,15). The van der Waals surface area contributed by atoms with Crippen molar-refractivity contribution in [3.05, 3.63) is 11.9 Å². The lowest BCUT2D eigenvalue weighted by atomic mass is 9.99. The number of hydrogen-bond donors (Lipinski definition) is 1. The molecule has 1 fully saturated rings. The topological polar surface area (TPSA) is 49.0 Å². The van der Waals surface area contributed by atoms with E-state index >= 15 is 0 Å². The maximum absolute atomic E-state index is 12.0. The molecular weight excluding hydrogens is 246 g/mol. The first kappa shape index (κ1) is 13.5. The average molecular weight is 267 g/mol. The fraction of sp³-hybridized carbons (Fsp3) is 0.692. The Bertz CT molecular complexity index is 397. The van der Waals surface area contributed by atoms with E-state index in [1.807, 2.05) is 11.1 Å². The van der Waals surface area contributed by atoms with Gasteiger partial charge in [-0.3, -0.25) is 4.79 Å². The SMILES string of the molecule is CCc1cnc(SCC(=O)N2CCC(C)CC2)[nH]1. The molecule has 1 saturated heterocycles. The van der Waals surface area contributed by atoms with Crippen molar-refractivity contribution < 1.29 is 4.79 Å². The van der Waals surface area contributed by atoms with E-state index < -0.39 is 0 Å². The van der Waals surface area contributed by atoms with Crippen LogP contribution in [-0.4, -0.2) is 39.6 Å². The zero-order valence-corrected chi connectivity index (χ0v) is 11.9. The number of aryl methyl sites for hydroxylation is 1. The van der Waals surface area contributed by atoms with Crippen molar-refractivity contribution in [3.8, 4) is 0 Å². The minimum Gasteiger partial charge on any atom is -0.342 e. The molecule has 0 aliphatic carbocycles. The van der Waals surface area contributed by atoms with Crippen LogP contribution in [0.5, 0.6) is 0 Å². The molecule has 1 aromatic rings. The molecule has 0 bridgehead atoms. The van der Waals surface area contributed by atoms with Crippen LogP contribution in [0.4, 0.5) is 0 Å². The number of thioether (sulfide) groups is 1. The number of hydrogen-bond acceptors (Lipinski definition) is 3. The van der Waals surface area contributed by atoms with Gasteiger partial charge in [-0.1, -0.05) is 25.6 Å². The number of likely N-dealkylation sites (tertiary alicyclic amines) is 1. The van der Waals surface area contributed by atoms with Gasteiger partial charge in [-0.05, 0) is 25.2 Å². The maximum atomic E-state index is 12.0. The van der Waals surface area contributed by atoms with Gasteiger partial charge in [0.15, 0.2) is 5.16 Å². The molecule has 2 heterocycles. The van der Waals surface area contributed by atoms with E-state index in [4.69, 9.17) is 0 Å². The van der Waals surface area contributed by atoms with Crippen LogP contribution in [0.2, 0.25) is 0 Å².